The maximum absolute atomic E-state index is 5.83. The van der Waals surface area contributed by atoms with Crippen molar-refractivity contribution in [3.63, 3.8) is 0 Å². The van der Waals surface area contributed by atoms with Crippen LogP contribution in [-0.2, 0) is 6.54 Å². The predicted molar refractivity (Wildman–Crippen MR) is 74.0 cm³/mol. The minimum Gasteiger partial charge on any atom is -0.493 e. The van der Waals surface area contributed by atoms with Crippen LogP contribution < -0.4 is 10.1 Å². The van der Waals surface area contributed by atoms with Gasteiger partial charge >= 0.3 is 0 Å². The van der Waals surface area contributed by atoms with Crippen LogP contribution in [0.3, 0.4) is 0 Å². The molecule has 0 radical (unpaired) electrons. The van der Waals surface area contributed by atoms with Crippen LogP contribution in [0, 0.1) is 0 Å². The molecule has 3 heteroatoms. The highest BCUT2D eigenvalue weighted by Crippen LogP contribution is 2.28. The first-order valence-corrected chi connectivity index (χ1v) is 6.53. The maximum atomic E-state index is 5.83. The van der Waals surface area contributed by atoms with Gasteiger partial charge in [0.25, 0.3) is 0 Å². The molecule has 0 aliphatic carbocycles. The molecule has 0 spiro atoms. The van der Waals surface area contributed by atoms with Crippen LogP contribution in [0.4, 0.5) is 0 Å². The van der Waals surface area contributed by atoms with E-state index in [-0.39, 0.29) is 0 Å². The first-order chi connectivity index (χ1) is 8.74. The predicted octanol–water partition coefficient (Wildman–Crippen LogP) is 3.72. The van der Waals surface area contributed by atoms with Gasteiger partial charge in [0.15, 0.2) is 11.3 Å². The number of hydrogen-bond acceptors (Lipinski definition) is 3. The molecule has 0 bridgehead atoms. The Bertz CT molecular complexity index is 504. The molecule has 1 heterocycles. The Balaban J connectivity index is 2.10. The molecule has 0 aliphatic heterocycles. The number of para-hydroxylation sites is 1. The molecule has 1 atom stereocenters. The maximum Gasteiger partial charge on any atom is 0.176 e. The molecule has 1 unspecified atom stereocenters. The second kappa shape index (κ2) is 5.91. The summed E-state index contributed by atoms with van der Waals surface area (Å²) in [4.78, 5) is 0. The standard InChI is InChI=1S/C15H21NO2/c1-4-6-11(2)16-10-13-9-12-7-5-8-14(17-3)15(12)18-13/h5,7-9,11,16H,4,6,10H2,1-3H3. The van der Waals surface area contributed by atoms with Gasteiger partial charge < -0.3 is 14.5 Å². The van der Waals surface area contributed by atoms with Crippen molar-refractivity contribution in [2.75, 3.05) is 7.11 Å². The number of fused-ring (bicyclic) bond motifs is 1. The molecular weight excluding hydrogens is 226 g/mol. The molecule has 0 fully saturated rings. The lowest BCUT2D eigenvalue weighted by molar-refractivity contribution is 0.403. The zero-order chi connectivity index (χ0) is 13.0. The van der Waals surface area contributed by atoms with Crippen LogP contribution in [0.5, 0.6) is 5.75 Å². The monoisotopic (exact) mass is 247 g/mol. The normalized spacial score (nSPS) is 12.8. The lowest BCUT2D eigenvalue weighted by Gasteiger charge is -2.10. The van der Waals surface area contributed by atoms with Gasteiger partial charge in [-0.15, -0.1) is 0 Å². The van der Waals surface area contributed by atoms with Crippen molar-refractivity contribution in [2.24, 2.45) is 0 Å². The van der Waals surface area contributed by atoms with E-state index in [4.69, 9.17) is 9.15 Å². The van der Waals surface area contributed by atoms with Gasteiger partial charge in [-0.25, -0.2) is 0 Å². The summed E-state index contributed by atoms with van der Waals surface area (Å²) in [6, 6.07) is 8.53. The quantitative estimate of drug-likeness (QED) is 0.844. The fourth-order valence-electron chi connectivity index (χ4n) is 2.15. The van der Waals surface area contributed by atoms with E-state index < -0.39 is 0 Å². The average Bonchev–Trinajstić information content (AvgIpc) is 2.79. The number of furan rings is 1. The summed E-state index contributed by atoms with van der Waals surface area (Å²) >= 11 is 0. The molecule has 0 aliphatic rings. The topological polar surface area (TPSA) is 34.4 Å². The SMILES string of the molecule is CCCC(C)NCc1cc2cccc(OC)c2o1. The van der Waals surface area contributed by atoms with E-state index >= 15 is 0 Å². The summed E-state index contributed by atoms with van der Waals surface area (Å²) in [5.41, 5.74) is 0.833. The minimum absolute atomic E-state index is 0.519. The first kappa shape index (κ1) is 13.0. The molecule has 0 amide bonds. The molecule has 1 aromatic carbocycles. The number of benzene rings is 1. The molecule has 18 heavy (non-hydrogen) atoms. The Hall–Kier alpha value is -1.48. The Morgan fingerprint density at radius 2 is 2.22 bits per heavy atom. The van der Waals surface area contributed by atoms with Crippen LogP contribution in [0.25, 0.3) is 11.0 Å². The number of methoxy groups -OCH3 is 1. The molecule has 0 saturated heterocycles. The van der Waals surface area contributed by atoms with Gasteiger partial charge in [0.05, 0.1) is 13.7 Å². The third kappa shape index (κ3) is 2.85. The van der Waals surface area contributed by atoms with Crippen molar-refractivity contribution in [3.05, 3.63) is 30.0 Å². The fraction of sp³-hybridized carbons (Fsp3) is 0.467. The first-order valence-electron chi connectivity index (χ1n) is 6.53. The van der Waals surface area contributed by atoms with E-state index in [1.165, 1.54) is 12.8 Å². The lowest BCUT2D eigenvalue weighted by atomic mass is 10.2. The van der Waals surface area contributed by atoms with Crippen molar-refractivity contribution in [1.82, 2.24) is 5.32 Å². The zero-order valence-corrected chi connectivity index (χ0v) is 11.3. The van der Waals surface area contributed by atoms with Gasteiger partial charge in [-0.1, -0.05) is 25.5 Å². The second-order valence-electron chi connectivity index (χ2n) is 4.66. The van der Waals surface area contributed by atoms with Gasteiger partial charge in [0, 0.05) is 11.4 Å². The molecule has 3 nitrogen and oxygen atoms in total. The van der Waals surface area contributed by atoms with E-state index in [1.807, 2.05) is 18.2 Å². The number of ether oxygens (including phenoxy) is 1. The van der Waals surface area contributed by atoms with Gasteiger partial charge in [-0.05, 0) is 25.5 Å². The van der Waals surface area contributed by atoms with Crippen LogP contribution in [0.2, 0.25) is 0 Å². The molecule has 2 rings (SSSR count). The summed E-state index contributed by atoms with van der Waals surface area (Å²) in [5, 5.41) is 4.56. The number of hydrogen-bond donors (Lipinski definition) is 1. The van der Waals surface area contributed by atoms with Crippen LogP contribution in [-0.4, -0.2) is 13.2 Å². The summed E-state index contributed by atoms with van der Waals surface area (Å²) < 4.78 is 11.1. The van der Waals surface area contributed by atoms with Crippen molar-refractivity contribution in [1.29, 1.82) is 0 Å². The van der Waals surface area contributed by atoms with E-state index in [1.54, 1.807) is 7.11 Å². The molecule has 1 N–H and O–H groups in total. The summed E-state index contributed by atoms with van der Waals surface area (Å²) in [7, 11) is 1.67. The van der Waals surface area contributed by atoms with Gasteiger partial charge in [0.1, 0.15) is 5.76 Å². The summed E-state index contributed by atoms with van der Waals surface area (Å²) in [6.45, 7) is 5.16. The van der Waals surface area contributed by atoms with E-state index in [2.05, 4.69) is 25.2 Å². The van der Waals surface area contributed by atoms with Crippen molar-refractivity contribution >= 4 is 11.0 Å². The van der Waals surface area contributed by atoms with E-state index in [0.29, 0.717) is 6.04 Å². The van der Waals surface area contributed by atoms with E-state index in [0.717, 1.165) is 29.0 Å². The van der Waals surface area contributed by atoms with Gasteiger partial charge in [-0.3, -0.25) is 0 Å². The van der Waals surface area contributed by atoms with Crippen LogP contribution >= 0.6 is 0 Å². The largest absolute Gasteiger partial charge is 0.493 e. The molecule has 2 aromatic rings. The average molecular weight is 247 g/mol. The van der Waals surface area contributed by atoms with E-state index in [9.17, 15) is 0 Å². The van der Waals surface area contributed by atoms with Crippen LogP contribution in [0.1, 0.15) is 32.4 Å². The summed E-state index contributed by atoms with van der Waals surface area (Å²) in [6.07, 6.45) is 2.38. The Labute approximate surface area is 108 Å². The zero-order valence-electron chi connectivity index (χ0n) is 11.3. The van der Waals surface area contributed by atoms with Crippen molar-refractivity contribution in [2.45, 2.75) is 39.3 Å². The van der Waals surface area contributed by atoms with Gasteiger partial charge in [0.2, 0.25) is 0 Å². The molecule has 98 valence electrons. The fourth-order valence-corrected chi connectivity index (χ4v) is 2.15. The summed E-state index contributed by atoms with van der Waals surface area (Å²) in [5.74, 6) is 1.75. The third-order valence-electron chi connectivity index (χ3n) is 3.13. The smallest absolute Gasteiger partial charge is 0.176 e. The molecule has 0 saturated carbocycles. The molecular formula is C15H21NO2. The lowest BCUT2D eigenvalue weighted by Crippen LogP contribution is -2.24. The number of rotatable bonds is 6. The Kier molecular flexibility index (Phi) is 4.26. The minimum atomic E-state index is 0.519. The Morgan fingerprint density at radius 1 is 1.39 bits per heavy atom. The molecule has 1 aromatic heterocycles. The third-order valence-corrected chi connectivity index (χ3v) is 3.13. The van der Waals surface area contributed by atoms with Crippen LogP contribution in [0.15, 0.2) is 28.7 Å². The van der Waals surface area contributed by atoms with Crippen molar-refractivity contribution in [3.8, 4) is 5.75 Å². The highest BCUT2D eigenvalue weighted by molar-refractivity contribution is 5.83. The number of nitrogens with one attached hydrogen (secondary N) is 1. The van der Waals surface area contributed by atoms with Crippen molar-refractivity contribution < 1.29 is 9.15 Å². The second-order valence-corrected chi connectivity index (χ2v) is 4.66. The van der Waals surface area contributed by atoms with Gasteiger partial charge in [-0.2, -0.15) is 0 Å². The Morgan fingerprint density at radius 3 is 2.94 bits per heavy atom. The highest BCUT2D eigenvalue weighted by Gasteiger charge is 2.09. The highest BCUT2D eigenvalue weighted by atomic mass is 16.5.